The lowest BCUT2D eigenvalue weighted by Gasteiger charge is -2.26. The second-order valence-electron chi connectivity index (χ2n) is 7.49. The van der Waals surface area contributed by atoms with E-state index in [4.69, 9.17) is 9.47 Å². The first-order valence-corrected chi connectivity index (χ1v) is 10.4. The van der Waals surface area contributed by atoms with Crippen molar-refractivity contribution < 1.29 is 14.3 Å². The van der Waals surface area contributed by atoms with Gasteiger partial charge in [0.1, 0.15) is 0 Å². The van der Waals surface area contributed by atoms with Gasteiger partial charge in [0.25, 0.3) is 5.91 Å². The highest BCUT2D eigenvalue weighted by Crippen LogP contribution is 2.30. The van der Waals surface area contributed by atoms with Crippen LogP contribution in [0.25, 0.3) is 22.2 Å². The van der Waals surface area contributed by atoms with Crippen molar-refractivity contribution in [2.24, 2.45) is 7.05 Å². The number of hydrogen-bond acceptors (Lipinski definition) is 5. The summed E-state index contributed by atoms with van der Waals surface area (Å²) in [5, 5.41) is 8.59. The van der Waals surface area contributed by atoms with Crippen LogP contribution in [0.1, 0.15) is 10.5 Å². The number of carbonyl (C=O) groups is 1. The monoisotopic (exact) mass is 411 g/mol. The Kier molecular flexibility index (Phi) is 6.47. The Bertz CT molecular complexity index is 1000. The lowest BCUT2D eigenvalue weighted by molar-refractivity contribution is 0.0383. The van der Waals surface area contributed by atoms with Gasteiger partial charge in [-0.25, -0.2) is 0 Å². The minimum atomic E-state index is -0.145. The second-order valence-corrected chi connectivity index (χ2v) is 7.49. The van der Waals surface area contributed by atoms with Crippen LogP contribution in [0.15, 0.2) is 36.5 Å². The number of fused-ring (bicyclic) bond motifs is 1. The first-order valence-electron chi connectivity index (χ1n) is 10.4. The van der Waals surface area contributed by atoms with E-state index in [1.54, 1.807) is 11.8 Å². The van der Waals surface area contributed by atoms with E-state index in [1.165, 1.54) is 0 Å². The molecule has 1 aliphatic rings. The van der Waals surface area contributed by atoms with Crippen molar-refractivity contribution in [3.63, 3.8) is 0 Å². The Balaban J connectivity index is 1.50. The maximum absolute atomic E-state index is 12.6. The first kappa shape index (κ1) is 20.6. The molecule has 8 nitrogen and oxygen atoms in total. The van der Waals surface area contributed by atoms with Gasteiger partial charge in [0.2, 0.25) is 0 Å². The fourth-order valence-corrected chi connectivity index (χ4v) is 3.90. The summed E-state index contributed by atoms with van der Waals surface area (Å²) in [6, 6.07) is 10.1. The van der Waals surface area contributed by atoms with E-state index in [2.05, 4.69) is 38.2 Å². The van der Waals surface area contributed by atoms with Gasteiger partial charge in [-0.3, -0.25) is 14.4 Å². The maximum Gasteiger partial charge on any atom is 0.271 e. The quantitative estimate of drug-likeness (QED) is 0.611. The molecule has 0 unspecified atom stereocenters. The van der Waals surface area contributed by atoms with E-state index < -0.39 is 0 Å². The van der Waals surface area contributed by atoms with E-state index in [-0.39, 0.29) is 5.91 Å². The molecule has 1 amide bonds. The van der Waals surface area contributed by atoms with Gasteiger partial charge in [-0.2, -0.15) is 5.10 Å². The number of nitrogens with zero attached hydrogens (tertiary/aromatic N) is 4. The van der Waals surface area contributed by atoms with Crippen LogP contribution in [0.4, 0.5) is 0 Å². The van der Waals surface area contributed by atoms with Gasteiger partial charge < -0.3 is 19.4 Å². The molecule has 0 bridgehead atoms. The smallest absolute Gasteiger partial charge is 0.271 e. The van der Waals surface area contributed by atoms with Crippen LogP contribution in [-0.2, 0) is 23.1 Å². The second kappa shape index (κ2) is 9.42. The Morgan fingerprint density at radius 2 is 2.03 bits per heavy atom. The number of amides is 1. The molecule has 30 heavy (non-hydrogen) atoms. The molecule has 1 N–H and O–H groups in total. The van der Waals surface area contributed by atoms with E-state index in [1.807, 2.05) is 25.2 Å². The molecule has 3 heterocycles. The SMILES string of the molecule is COCCn1cc(-c2cc(C(=O)NCCN3CCOCC3)nn2C)c2ccccc21. The molecule has 0 aliphatic carbocycles. The van der Waals surface area contributed by atoms with Crippen LogP contribution in [0, 0.1) is 0 Å². The minimum absolute atomic E-state index is 0.145. The van der Waals surface area contributed by atoms with Crippen molar-refractivity contribution in [3.8, 4) is 11.3 Å². The number of hydrogen-bond donors (Lipinski definition) is 1. The van der Waals surface area contributed by atoms with Crippen molar-refractivity contribution in [1.82, 2.24) is 24.6 Å². The fraction of sp³-hybridized carbons (Fsp3) is 0.455. The largest absolute Gasteiger partial charge is 0.383 e. The van der Waals surface area contributed by atoms with E-state index in [9.17, 15) is 4.79 Å². The highest BCUT2D eigenvalue weighted by molar-refractivity contribution is 5.98. The van der Waals surface area contributed by atoms with Crippen LogP contribution < -0.4 is 5.32 Å². The number of rotatable bonds is 8. The lowest BCUT2D eigenvalue weighted by atomic mass is 10.1. The molecule has 1 aromatic carbocycles. The van der Waals surface area contributed by atoms with Gasteiger partial charge >= 0.3 is 0 Å². The number of morpholine rings is 1. The van der Waals surface area contributed by atoms with Crippen molar-refractivity contribution in [1.29, 1.82) is 0 Å². The summed E-state index contributed by atoms with van der Waals surface area (Å²) in [4.78, 5) is 14.9. The van der Waals surface area contributed by atoms with Crippen LogP contribution in [0.3, 0.4) is 0 Å². The molecule has 0 saturated carbocycles. The first-order chi connectivity index (χ1) is 14.7. The van der Waals surface area contributed by atoms with Crippen LogP contribution in [-0.4, -0.2) is 78.3 Å². The summed E-state index contributed by atoms with van der Waals surface area (Å²) in [7, 11) is 3.58. The molecule has 0 spiro atoms. The van der Waals surface area contributed by atoms with Crippen molar-refractivity contribution in [2.45, 2.75) is 6.54 Å². The molecule has 1 saturated heterocycles. The van der Waals surface area contributed by atoms with Crippen LogP contribution in [0.5, 0.6) is 0 Å². The Hall–Kier alpha value is -2.68. The zero-order chi connectivity index (χ0) is 20.9. The number of ether oxygens (including phenoxy) is 2. The zero-order valence-corrected chi connectivity index (χ0v) is 17.6. The summed E-state index contributed by atoms with van der Waals surface area (Å²) < 4.78 is 14.6. The standard InChI is InChI=1S/C22H29N5O3/c1-25-21(18-16-27(11-12-29-2)20-6-4-3-5-17(18)20)15-19(24-25)22(28)23-7-8-26-9-13-30-14-10-26/h3-6,15-16H,7-14H2,1-2H3,(H,23,28). The highest BCUT2D eigenvalue weighted by atomic mass is 16.5. The van der Waals surface area contributed by atoms with E-state index in [0.29, 0.717) is 18.8 Å². The molecule has 160 valence electrons. The summed E-state index contributed by atoms with van der Waals surface area (Å²) >= 11 is 0. The summed E-state index contributed by atoms with van der Waals surface area (Å²) in [6.07, 6.45) is 2.11. The molecule has 1 fully saturated rings. The molecule has 4 rings (SSSR count). The number of carbonyl (C=O) groups excluding carboxylic acids is 1. The third-order valence-electron chi connectivity index (χ3n) is 5.53. The van der Waals surface area contributed by atoms with Gasteiger partial charge in [-0.05, 0) is 12.1 Å². The summed E-state index contributed by atoms with van der Waals surface area (Å²) in [5.41, 5.74) is 3.55. The molecule has 0 atom stereocenters. The fourth-order valence-electron chi connectivity index (χ4n) is 3.90. The van der Waals surface area contributed by atoms with Gasteiger partial charge in [-0.15, -0.1) is 0 Å². The third kappa shape index (κ3) is 4.40. The highest BCUT2D eigenvalue weighted by Gasteiger charge is 2.18. The molecule has 0 radical (unpaired) electrons. The van der Waals surface area contributed by atoms with Crippen LogP contribution >= 0.6 is 0 Å². The summed E-state index contributed by atoms with van der Waals surface area (Å²) in [6.45, 7) is 6.17. The average Bonchev–Trinajstić information content (AvgIpc) is 3.33. The normalized spacial score (nSPS) is 15.0. The molecule has 2 aromatic heterocycles. The summed E-state index contributed by atoms with van der Waals surface area (Å²) in [5.74, 6) is -0.145. The van der Waals surface area contributed by atoms with Crippen LogP contribution in [0.2, 0.25) is 0 Å². The predicted molar refractivity (Wildman–Crippen MR) is 116 cm³/mol. The number of benzene rings is 1. The van der Waals surface area contributed by atoms with Gasteiger partial charge in [0.15, 0.2) is 5.69 Å². The number of aryl methyl sites for hydroxylation is 1. The Morgan fingerprint density at radius 1 is 1.23 bits per heavy atom. The van der Waals surface area contributed by atoms with E-state index >= 15 is 0 Å². The number of para-hydroxylation sites is 1. The number of aromatic nitrogens is 3. The molecule has 8 heteroatoms. The molecule has 1 aliphatic heterocycles. The zero-order valence-electron chi connectivity index (χ0n) is 17.6. The van der Waals surface area contributed by atoms with Crippen molar-refractivity contribution >= 4 is 16.8 Å². The maximum atomic E-state index is 12.6. The van der Waals surface area contributed by atoms with Gasteiger partial charge in [-0.1, -0.05) is 18.2 Å². The topological polar surface area (TPSA) is 73.6 Å². The number of nitrogens with one attached hydrogen (secondary N) is 1. The van der Waals surface area contributed by atoms with Crippen molar-refractivity contribution in [3.05, 3.63) is 42.2 Å². The minimum Gasteiger partial charge on any atom is -0.383 e. The third-order valence-corrected chi connectivity index (χ3v) is 5.53. The van der Waals surface area contributed by atoms with E-state index in [0.717, 1.165) is 61.6 Å². The molecular formula is C22H29N5O3. The Morgan fingerprint density at radius 3 is 2.83 bits per heavy atom. The molecular weight excluding hydrogens is 382 g/mol. The number of methoxy groups -OCH3 is 1. The van der Waals surface area contributed by atoms with Gasteiger partial charge in [0, 0.05) is 69.5 Å². The lowest BCUT2D eigenvalue weighted by Crippen LogP contribution is -2.41. The Labute approximate surface area is 176 Å². The van der Waals surface area contributed by atoms with Crippen molar-refractivity contribution in [2.75, 3.05) is 53.1 Å². The van der Waals surface area contributed by atoms with Gasteiger partial charge in [0.05, 0.1) is 25.5 Å². The average molecular weight is 412 g/mol. The predicted octanol–water partition coefficient (Wildman–Crippen LogP) is 1.75. The molecule has 3 aromatic rings.